The van der Waals surface area contributed by atoms with Gasteiger partial charge in [-0.05, 0) is 37.0 Å². The molecule has 3 rings (SSSR count). The number of carbonyl (C=O) groups excluding carboxylic acids is 1. The normalized spacial score (nSPS) is 18.6. The summed E-state index contributed by atoms with van der Waals surface area (Å²) in [5.74, 6) is 0.909. The van der Waals surface area contributed by atoms with Crippen molar-refractivity contribution < 1.29 is 4.79 Å². The van der Waals surface area contributed by atoms with E-state index in [2.05, 4.69) is 11.9 Å². The summed E-state index contributed by atoms with van der Waals surface area (Å²) in [5.41, 5.74) is 6.20. The highest BCUT2D eigenvalue weighted by molar-refractivity contribution is 5.96. The first kappa shape index (κ1) is 12.8. The summed E-state index contributed by atoms with van der Waals surface area (Å²) in [7, 11) is 0. The van der Waals surface area contributed by atoms with Crippen LogP contribution in [0.3, 0.4) is 0 Å². The smallest absolute Gasteiger partial charge is 0.261 e. The van der Waals surface area contributed by atoms with Gasteiger partial charge in [0.15, 0.2) is 0 Å². The van der Waals surface area contributed by atoms with Gasteiger partial charge in [0.1, 0.15) is 5.82 Å². The van der Waals surface area contributed by atoms with E-state index >= 15 is 0 Å². The third-order valence-electron chi connectivity index (χ3n) is 4.03. The predicted octanol–water partition coefficient (Wildman–Crippen LogP) is 1.47. The molecule has 0 saturated heterocycles. The number of amides is 1. The number of nitrogens with two attached hydrogens (primary N) is 1. The quantitative estimate of drug-likeness (QED) is 0.853. The van der Waals surface area contributed by atoms with Gasteiger partial charge in [-0.3, -0.25) is 14.2 Å². The first-order valence-corrected chi connectivity index (χ1v) is 6.89. The topological polar surface area (TPSA) is 78.0 Å². The maximum atomic E-state index is 12.5. The number of primary amides is 1. The fourth-order valence-electron chi connectivity index (χ4n) is 2.71. The monoisotopic (exact) mass is 271 g/mol. The van der Waals surface area contributed by atoms with Crippen molar-refractivity contribution >= 4 is 16.8 Å². The average molecular weight is 271 g/mol. The molecule has 1 aromatic heterocycles. The third kappa shape index (κ3) is 2.09. The summed E-state index contributed by atoms with van der Waals surface area (Å²) < 4.78 is 1.77. The van der Waals surface area contributed by atoms with Crippen molar-refractivity contribution in [1.29, 1.82) is 0 Å². The van der Waals surface area contributed by atoms with Crippen LogP contribution < -0.4 is 11.3 Å². The third-order valence-corrected chi connectivity index (χ3v) is 4.03. The molecule has 5 heteroatoms. The van der Waals surface area contributed by atoms with Crippen LogP contribution >= 0.6 is 0 Å². The molecule has 1 aliphatic heterocycles. The standard InChI is InChI=1S/C15H17N3O2/c1-9-2-5-13-17-12-8-10(14(16)19)3-4-11(12)15(20)18(13)7-6-9/h3-4,8-9H,2,5-7H2,1H3,(H2,16,19). The molecule has 0 fully saturated rings. The van der Waals surface area contributed by atoms with Gasteiger partial charge in [-0.25, -0.2) is 4.98 Å². The van der Waals surface area contributed by atoms with Gasteiger partial charge >= 0.3 is 0 Å². The molecule has 1 unspecified atom stereocenters. The fourth-order valence-corrected chi connectivity index (χ4v) is 2.71. The van der Waals surface area contributed by atoms with E-state index in [0.717, 1.165) is 31.6 Å². The molecule has 20 heavy (non-hydrogen) atoms. The van der Waals surface area contributed by atoms with Crippen LogP contribution in [-0.2, 0) is 13.0 Å². The van der Waals surface area contributed by atoms with E-state index in [1.807, 2.05) is 0 Å². The maximum absolute atomic E-state index is 12.5. The van der Waals surface area contributed by atoms with Gasteiger partial charge < -0.3 is 5.73 Å². The van der Waals surface area contributed by atoms with Crippen molar-refractivity contribution in [2.75, 3.05) is 0 Å². The molecule has 0 saturated carbocycles. The van der Waals surface area contributed by atoms with Crippen molar-refractivity contribution in [3.63, 3.8) is 0 Å². The minimum atomic E-state index is -0.502. The summed E-state index contributed by atoms with van der Waals surface area (Å²) in [6.07, 6.45) is 2.83. The van der Waals surface area contributed by atoms with E-state index in [9.17, 15) is 9.59 Å². The number of nitrogens with zero attached hydrogens (tertiary/aromatic N) is 2. The molecule has 0 spiro atoms. The highest BCUT2D eigenvalue weighted by atomic mass is 16.1. The molecule has 2 N–H and O–H groups in total. The number of benzene rings is 1. The number of fused-ring (bicyclic) bond motifs is 2. The molecule has 0 bridgehead atoms. The summed E-state index contributed by atoms with van der Waals surface area (Å²) in [6, 6.07) is 4.83. The number of hydrogen-bond acceptors (Lipinski definition) is 3. The maximum Gasteiger partial charge on any atom is 0.261 e. The van der Waals surface area contributed by atoms with Gasteiger partial charge in [-0.15, -0.1) is 0 Å². The molecular weight excluding hydrogens is 254 g/mol. The molecule has 0 aliphatic carbocycles. The van der Waals surface area contributed by atoms with E-state index < -0.39 is 5.91 Å². The van der Waals surface area contributed by atoms with Crippen molar-refractivity contribution in [2.24, 2.45) is 11.7 Å². The lowest BCUT2D eigenvalue weighted by molar-refractivity contribution is 0.100. The summed E-state index contributed by atoms with van der Waals surface area (Å²) in [6.45, 7) is 2.91. The lowest BCUT2D eigenvalue weighted by Gasteiger charge is -2.10. The SMILES string of the molecule is CC1CCc2nc3cc(C(N)=O)ccc3c(=O)n2CC1. The first-order chi connectivity index (χ1) is 9.56. The Balaban J connectivity index is 2.22. The van der Waals surface area contributed by atoms with Crippen LogP contribution in [0.15, 0.2) is 23.0 Å². The zero-order valence-corrected chi connectivity index (χ0v) is 11.4. The second-order valence-electron chi connectivity index (χ2n) is 5.51. The highest BCUT2D eigenvalue weighted by Crippen LogP contribution is 2.19. The fraction of sp³-hybridized carbons (Fsp3) is 0.400. The molecule has 1 aromatic carbocycles. The van der Waals surface area contributed by atoms with Gasteiger partial charge in [0, 0.05) is 18.5 Å². The van der Waals surface area contributed by atoms with Crippen LogP contribution in [-0.4, -0.2) is 15.5 Å². The lowest BCUT2D eigenvalue weighted by atomic mass is 10.0. The predicted molar refractivity (Wildman–Crippen MR) is 76.6 cm³/mol. The van der Waals surface area contributed by atoms with E-state index in [1.165, 1.54) is 0 Å². The Morgan fingerprint density at radius 3 is 2.95 bits per heavy atom. The van der Waals surface area contributed by atoms with Gasteiger partial charge in [-0.1, -0.05) is 6.92 Å². The lowest BCUT2D eigenvalue weighted by Crippen LogP contribution is -2.25. The Labute approximate surface area is 116 Å². The van der Waals surface area contributed by atoms with Gasteiger partial charge in [-0.2, -0.15) is 0 Å². The molecule has 2 aromatic rings. The Morgan fingerprint density at radius 1 is 1.40 bits per heavy atom. The molecular formula is C15H17N3O2. The zero-order chi connectivity index (χ0) is 14.3. The number of hydrogen-bond donors (Lipinski definition) is 1. The molecule has 1 amide bonds. The van der Waals surface area contributed by atoms with E-state index in [1.54, 1.807) is 22.8 Å². The Hall–Kier alpha value is -2.17. The zero-order valence-electron chi connectivity index (χ0n) is 11.4. The van der Waals surface area contributed by atoms with Gasteiger partial charge in [0.05, 0.1) is 10.9 Å². The molecule has 2 heterocycles. The van der Waals surface area contributed by atoms with Crippen molar-refractivity contribution in [1.82, 2.24) is 9.55 Å². The molecule has 104 valence electrons. The van der Waals surface area contributed by atoms with E-state index in [4.69, 9.17) is 5.73 Å². The average Bonchev–Trinajstić information content (AvgIpc) is 2.61. The second-order valence-corrected chi connectivity index (χ2v) is 5.51. The van der Waals surface area contributed by atoms with Crippen molar-refractivity contribution in [3.8, 4) is 0 Å². The van der Waals surface area contributed by atoms with E-state index in [-0.39, 0.29) is 5.56 Å². The Bertz CT molecular complexity index is 749. The number of aromatic nitrogens is 2. The van der Waals surface area contributed by atoms with Crippen molar-refractivity contribution in [2.45, 2.75) is 32.7 Å². The Morgan fingerprint density at radius 2 is 2.20 bits per heavy atom. The van der Waals surface area contributed by atoms with Crippen LogP contribution in [0.2, 0.25) is 0 Å². The number of aryl methyl sites for hydroxylation is 1. The largest absolute Gasteiger partial charge is 0.366 e. The Kier molecular flexibility index (Phi) is 3.04. The first-order valence-electron chi connectivity index (χ1n) is 6.89. The minimum Gasteiger partial charge on any atom is -0.366 e. The molecule has 0 radical (unpaired) electrons. The van der Waals surface area contributed by atoms with Crippen LogP contribution in [0.1, 0.15) is 35.9 Å². The van der Waals surface area contributed by atoms with Gasteiger partial charge in [0.2, 0.25) is 5.91 Å². The number of carbonyl (C=O) groups is 1. The second kappa shape index (κ2) is 4.74. The molecule has 1 aliphatic rings. The van der Waals surface area contributed by atoms with E-state index in [0.29, 0.717) is 22.4 Å². The molecule has 1 atom stereocenters. The van der Waals surface area contributed by atoms with Gasteiger partial charge in [0.25, 0.3) is 5.56 Å². The summed E-state index contributed by atoms with van der Waals surface area (Å²) in [4.78, 5) is 28.3. The highest BCUT2D eigenvalue weighted by Gasteiger charge is 2.17. The van der Waals surface area contributed by atoms with Crippen LogP contribution in [0, 0.1) is 5.92 Å². The minimum absolute atomic E-state index is 0.0184. The van der Waals surface area contributed by atoms with Crippen molar-refractivity contribution in [3.05, 3.63) is 39.9 Å². The summed E-state index contributed by atoms with van der Waals surface area (Å²) >= 11 is 0. The van der Waals surface area contributed by atoms with Crippen LogP contribution in [0.4, 0.5) is 0 Å². The van der Waals surface area contributed by atoms with Crippen LogP contribution in [0.5, 0.6) is 0 Å². The number of rotatable bonds is 1. The summed E-state index contributed by atoms with van der Waals surface area (Å²) in [5, 5.41) is 0.549. The molecule has 5 nitrogen and oxygen atoms in total. The van der Waals surface area contributed by atoms with Crippen LogP contribution in [0.25, 0.3) is 10.9 Å².